The molecule has 2 atom stereocenters. The SMILES string of the molecule is COc1cccc(F)c1C1CNCC(C(C)C)O1. The van der Waals surface area contributed by atoms with Crippen LogP contribution in [0.5, 0.6) is 5.75 Å². The van der Waals surface area contributed by atoms with E-state index in [1.54, 1.807) is 19.2 Å². The lowest BCUT2D eigenvalue weighted by Crippen LogP contribution is -2.43. The van der Waals surface area contributed by atoms with Gasteiger partial charge in [0.25, 0.3) is 0 Å². The van der Waals surface area contributed by atoms with Gasteiger partial charge in [-0.25, -0.2) is 4.39 Å². The van der Waals surface area contributed by atoms with Crippen LogP contribution >= 0.6 is 0 Å². The number of methoxy groups -OCH3 is 1. The van der Waals surface area contributed by atoms with Crippen LogP contribution in [0, 0.1) is 11.7 Å². The summed E-state index contributed by atoms with van der Waals surface area (Å²) < 4.78 is 25.2. The molecule has 0 bridgehead atoms. The van der Waals surface area contributed by atoms with E-state index in [0.717, 1.165) is 6.54 Å². The Morgan fingerprint density at radius 2 is 2.17 bits per heavy atom. The molecule has 4 heteroatoms. The first-order valence-electron chi connectivity index (χ1n) is 6.32. The average molecular weight is 253 g/mol. The number of ether oxygens (including phenoxy) is 2. The first-order valence-corrected chi connectivity index (χ1v) is 6.32. The molecule has 100 valence electrons. The van der Waals surface area contributed by atoms with Crippen LogP contribution in [0.2, 0.25) is 0 Å². The number of hydrogen-bond acceptors (Lipinski definition) is 3. The van der Waals surface area contributed by atoms with Crippen molar-refractivity contribution >= 4 is 0 Å². The van der Waals surface area contributed by atoms with Crippen LogP contribution in [0.3, 0.4) is 0 Å². The average Bonchev–Trinajstić information content (AvgIpc) is 2.38. The van der Waals surface area contributed by atoms with Gasteiger partial charge in [0.2, 0.25) is 0 Å². The van der Waals surface area contributed by atoms with Gasteiger partial charge in [-0.2, -0.15) is 0 Å². The maximum absolute atomic E-state index is 14.0. The van der Waals surface area contributed by atoms with Crippen LogP contribution in [0.15, 0.2) is 18.2 Å². The predicted molar refractivity (Wildman–Crippen MR) is 68.3 cm³/mol. The molecule has 18 heavy (non-hydrogen) atoms. The number of morpholine rings is 1. The summed E-state index contributed by atoms with van der Waals surface area (Å²) in [5.74, 6) is 0.676. The van der Waals surface area contributed by atoms with Crippen molar-refractivity contribution in [3.63, 3.8) is 0 Å². The third-order valence-corrected chi connectivity index (χ3v) is 3.31. The fraction of sp³-hybridized carbons (Fsp3) is 0.571. The predicted octanol–water partition coefficient (Wildman–Crippen LogP) is 2.52. The molecule has 1 aromatic rings. The summed E-state index contributed by atoms with van der Waals surface area (Å²) in [6, 6.07) is 4.86. The van der Waals surface area contributed by atoms with E-state index in [1.807, 2.05) is 0 Å². The largest absolute Gasteiger partial charge is 0.496 e. The molecule has 0 aliphatic carbocycles. The number of nitrogens with one attached hydrogen (secondary N) is 1. The standard InChI is InChI=1S/C14H20FNO2/c1-9(2)12-7-16-8-13(18-12)14-10(15)5-4-6-11(14)17-3/h4-6,9,12-13,16H,7-8H2,1-3H3. The molecule has 2 unspecified atom stereocenters. The maximum Gasteiger partial charge on any atom is 0.132 e. The van der Waals surface area contributed by atoms with Gasteiger partial charge in [0.1, 0.15) is 17.7 Å². The minimum Gasteiger partial charge on any atom is -0.496 e. The Morgan fingerprint density at radius 1 is 1.39 bits per heavy atom. The lowest BCUT2D eigenvalue weighted by molar-refractivity contribution is -0.0624. The van der Waals surface area contributed by atoms with E-state index in [9.17, 15) is 4.39 Å². The first kappa shape index (κ1) is 13.3. The number of hydrogen-bond donors (Lipinski definition) is 1. The van der Waals surface area contributed by atoms with Crippen molar-refractivity contribution in [1.82, 2.24) is 5.32 Å². The summed E-state index contributed by atoms with van der Waals surface area (Å²) >= 11 is 0. The third-order valence-electron chi connectivity index (χ3n) is 3.31. The summed E-state index contributed by atoms with van der Waals surface area (Å²) in [5.41, 5.74) is 0.512. The van der Waals surface area contributed by atoms with Crippen LogP contribution in [0.1, 0.15) is 25.5 Å². The number of halogens is 1. The molecule has 3 nitrogen and oxygen atoms in total. The van der Waals surface area contributed by atoms with E-state index >= 15 is 0 Å². The fourth-order valence-corrected chi connectivity index (χ4v) is 2.23. The topological polar surface area (TPSA) is 30.5 Å². The molecule has 0 radical (unpaired) electrons. The molecule has 0 spiro atoms. The molecule has 1 saturated heterocycles. The Balaban J connectivity index is 2.25. The Morgan fingerprint density at radius 3 is 2.83 bits per heavy atom. The van der Waals surface area contributed by atoms with Crippen LogP contribution in [-0.2, 0) is 4.74 Å². The Bertz CT molecular complexity index is 409. The molecule has 0 saturated carbocycles. The minimum absolute atomic E-state index is 0.105. The molecule has 1 aliphatic rings. The number of rotatable bonds is 3. The lowest BCUT2D eigenvalue weighted by atomic mass is 10.0. The molecule has 1 aliphatic heterocycles. The molecule has 1 aromatic carbocycles. The van der Waals surface area contributed by atoms with Crippen LogP contribution in [0.4, 0.5) is 4.39 Å². The van der Waals surface area contributed by atoms with Crippen molar-refractivity contribution in [2.24, 2.45) is 5.92 Å². The van der Waals surface area contributed by atoms with Crippen molar-refractivity contribution in [2.75, 3.05) is 20.2 Å². The molecule has 1 N–H and O–H groups in total. The Kier molecular flexibility index (Phi) is 4.19. The van der Waals surface area contributed by atoms with Gasteiger partial charge in [-0.05, 0) is 18.1 Å². The normalized spacial score (nSPS) is 24.3. The van der Waals surface area contributed by atoms with Crippen molar-refractivity contribution in [2.45, 2.75) is 26.1 Å². The highest BCUT2D eigenvalue weighted by molar-refractivity contribution is 5.37. The van der Waals surface area contributed by atoms with Gasteiger partial charge in [-0.1, -0.05) is 19.9 Å². The van der Waals surface area contributed by atoms with E-state index in [0.29, 0.717) is 23.8 Å². The zero-order valence-electron chi connectivity index (χ0n) is 11.1. The highest BCUT2D eigenvalue weighted by atomic mass is 19.1. The van der Waals surface area contributed by atoms with E-state index in [-0.39, 0.29) is 18.0 Å². The summed E-state index contributed by atoms with van der Waals surface area (Å²) in [5, 5.41) is 3.30. The van der Waals surface area contributed by atoms with Crippen molar-refractivity contribution < 1.29 is 13.9 Å². The Hall–Kier alpha value is -1.13. The van der Waals surface area contributed by atoms with Gasteiger partial charge in [-0.3, -0.25) is 0 Å². The second-order valence-electron chi connectivity index (χ2n) is 4.92. The second-order valence-corrected chi connectivity index (χ2v) is 4.92. The van der Waals surface area contributed by atoms with Gasteiger partial charge in [0.05, 0.1) is 18.8 Å². The van der Waals surface area contributed by atoms with E-state index < -0.39 is 0 Å². The van der Waals surface area contributed by atoms with E-state index in [4.69, 9.17) is 9.47 Å². The maximum atomic E-state index is 14.0. The summed E-state index contributed by atoms with van der Waals surface area (Å²) in [4.78, 5) is 0. The molecular formula is C14H20FNO2. The third kappa shape index (κ3) is 2.65. The number of benzene rings is 1. The molecule has 0 aromatic heterocycles. The fourth-order valence-electron chi connectivity index (χ4n) is 2.23. The van der Waals surface area contributed by atoms with Crippen molar-refractivity contribution in [1.29, 1.82) is 0 Å². The first-order chi connectivity index (χ1) is 8.63. The van der Waals surface area contributed by atoms with E-state index in [1.165, 1.54) is 6.07 Å². The zero-order chi connectivity index (χ0) is 13.1. The Labute approximate surface area is 107 Å². The smallest absolute Gasteiger partial charge is 0.132 e. The molecule has 1 fully saturated rings. The summed E-state index contributed by atoms with van der Waals surface area (Å²) in [7, 11) is 1.55. The van der Waals surface area contributed by atoms with Gasteiger partial charge in [0, 0.05) is 13.1 Å². The van der Waals surface area contributed by atoms with Crippen LogP contribution < -0.4 is 10.1 Å². The summed E-state index contributed by atoms with van der Waals surface area (Å²) in [6.07, 6.45) is -0.185. The monoisotopic (exact) mass is 253 g/mol. The summed E-state index contributed by atoms with van der Waals surface area (Å²) in [6.45, 7) is 5.63. The zero-order valence-corrected chi connectivity index (χ0v) is 11.1. The van der Waals surface area contributed by atoms with Gasteiger partial charge < -0.3 is 14.8 Å². The van der Waals surface area contributed by atoms with Crippen molar-refractivity contribution in [3.8, 4) is 5.75 Å². The van der Waals surface area contributed by atoms with Gasteiger partial charge >= 0.3 is 0 Å². The second kappa shape index (κ2) is 5.67. The highest BCUT2D eigenvalue weighted by Gasteiger charge is 2.29. The van der Waals surface area contributed by atoms with Gasteiger partial charge in [0.15, 0.2) is 0 Å². The van der Waals surface area contributed by atoms with Gasteiger partial charge in [-0.15, -0.1) is 0 Å². The lowest BCUT2D eigenvalue weighted by Gasteiger charge is -2.34. The molecule has 0 amide bonds. The van der Waals surface area contributed by atoms with Crippen LogP contribution in [0.25, 0.3) is 0 Å². The van der Waals surface area contributed by atoms with Crippen LogP contribution in [-0.4, -0.2) is 26.3 Å². The highest BCUT2D eigenvalue weighted by Crippen LogP contribution is 2.32. The molecule has 1 heterocycles. The molecule has 2 rings (SSSR count). The molecular weight excluding hydrogens is 233 g/mol. The minimum atomic E-state index is -0.290. The quantitative estimate of drug-likeness (QED) is 0.898. The van der Waals surface area contributed by atoms with E-state index in [2.05, 4.69) is 19.2 Å². The van der Waals surface area contributed by atoms with Crippen molar-refractivity contribution in [3.05, 3.63) is 29.6 Å².